The van der Waals surface area contributed by atoms with Gasteiger partial charge in [0.05, 0.1) is 28.5 Å². The zero-order valence-corrected chi connectivity index (χ0v) is 17.7. The third kappa shape index (κ3) is 3.48. The maximum Gasteiger partial charge on any atom is 0.329 e. The van der Waals surface area contributed by atoms with Crippen molar-refractivity contribution in [3.05, 3.63) is 74.9 Å². The van der Waals surface area contributed by atoms with Crippen molar-refractivity contribution in [3.63, 3.8) is 0 Å². The molecule has 2 aromatic carbocycles. The predicted molar refractivity (Wildman–Crippen MR) is 119 cm³/mol. The molecule has 2 heterocycles. The lowest BCUT2D eigenvalue weighted by Crippen LogP contribution is -2.28. The first-order chi connectivity index (χ1) is 14.9. The van der Waals surface area contributed by atoms with Crippen LogP contribution in [0.25, 0.3) is 21.9 Å². The second-order valence-corrected chi connectivity index (χ2v) is 8.79. The third-order valence-corrected chi connectivity index (χ3v) is 6.03. The minimum Gasteiger partial charge on any atom is -0.327 e. The van der Waals surface area contributed by atoms with E-state index in [1.807, 2.05) is 22.8 Å². The van der Waals surface area contributed by atoms with Crippen LogP contribution in [0, 0.1) is 11.7 Å². The molecule has 0 amide bonds. The van der Waals surface area contributed by atoms with Gasteiger partial charge in [-0.1, -0.05) is 26.0 Å². The molecule has 0 unspecified atom stereocenters. The quantitative estimate of drug-likeness (QED) is 0.472. The summed E-state index contributed by atoms with van der Waals surface area (Å²) in [4.78, 5) is 30.4. The monoisotopic (exact) mass is 420 g/mol. The lowest BCUT2D eigenvalue weighted by atomic mass is 10.1. The number of para-hydroxylation sites is 1. The second kappa shape index (κ2) is 7.48. The van der Waals surface area contributed by atoms with Gasteiger partial charge in [0.25, 0.3) is 5.56 Å². The van der Waals surface area contributed by atoms with E-state index < -0.39 is 5.82 Å². The van der Waals surface area contributed by atoms with Crippen molar-refractivity contribution in [2.24, 2.45) is 5.92 Å². The Labute approximate surface area is 178 Å². The average molecular weight is 420 g/mol. The molecule has 7 heteroatoms. The molecular weight excluding hydrogens is 395 g/mol. The Balaban J connectivity index is 1.71. The first kappa shape index (κ1) is 19.7. The Morgan fingerprint density at radius 2 is 1.81 bits per heavy atom. The van der Waals surface area contributed by atoms with Crippen LogP contribution in [0.3, 0.4) is 0 Å². The molecule has 0 bridgehead atoms. The van der Waals surface area contributed by atoms with Crippen molar-refractivity contribution >= 4 is 21.9 Å². The molecule has 0 saturated heterocycles. The molecule has 0 radical (unpaired) electrons. The molecule has 160 valence electrons. The largest absolute Gasteiger partial charge is 0.329 e. The van der Waals surface area contributed by atoms with Crippen molar-refractivity contribution in [2.75, 3.05) is 0 Å². The number of imidazole rings is 1. The Bertz CT molecular complexity index is 1410. The normalized spacial score (nSPS) is 14.2. The summed E-state index contributed by atoms with van der Waals surface area (Å²) in [6, 6.07) is 12.0. The molecule has 1 saturated carbocycles. The number of aryl methyl sites for hydroxylation is 1. The van der Waals surface area contributed by atoms with Gasteiger partial charge in [-0.05, 0) is 55.5 Å². The molecule has 1 aliphatic rings. The SMILES string of the molecule is CC(C)CCn1c(Cn2c(=O)n(C3CC3)c3ccc(F)cc32)nc(=O)c2ccccc21. The maximum atomic E-state index is 14.1. The molecule has 31 heavy (non-hydrogen) atoms. The van der Waals surface area contributed by atoms with E-state index >= 15 is 0 Å². The van der Waals surface area contributed by atoms with Gasteiger partial charge in [-0.15, -0.1) is 0 Å². The molecule has 0 atom stereocenters. The van der Waals surface area contributed by atoms with Gasteiger partial charge >= 0.3 is 5.69 Å². The van der Waals surface area contributed by atoms with E-state index in [4.69, 9.17) is 0 Å². The standard InChI is InChI=1S/C24H25FN4O2/c1-15(2)11-12-27-19-6-4-3-5-18(19)23(30)26-22(27)14-28-21-13-16(25)7-10-20(21)29(24(28)31)17-8-9-17/h3-7,10,13,15,17H,8-9,11-12,14H2,1-2H3. The Morgan fingerprint density at radius 3 is 2.55 bits per heavy atom. The zero-order valence-electron chi connectivity index (χ0n) is 17.7. The maximum absolute atomic E-state index is 14.1. The minimum absolute atomic E-state index is 0.122. The third-order valence-electron chi connectivity index (χ3n) is 6.03. The number of fused-ring (bicyclic) bond motifs is 2. The molecule has 0 spiro atoms. The summed E-state index contributed by atoms with van der Waals surface area (Å²) < 4.78 is 19.4. The van der Waals surface area contributed by atoms with E-state index in [9.17, 15) is 14.0 Å². The van der Waals surface area contributed by atoms with Gasteiger partial charge in [-0.25, -0.2) is 9.18 Å². The number of halogens is 1. The van der Waals surface area contributed by atoms with Crippen molar-refractivity contribution < 1.29 is 4.39 Å². The molecule has 5 rings (SSSR count). The lowest BCUT2D eigenvalue weighted by molar-refractivity contribution is 0.500. The summed E-state index contributed by atoms with van der Waals surface area (Å²) in [5.41, 5.74) is 1.58. The number of nitrogens with zero attached hydrogens (tertiary/aromatic N) is 4. The topological polar surface area (TPSA) is 61.8 Å². The van der Waals surface area contributed by atoms with Gasteiger partial charge in [0, 0.05) is 12.6 Å². The smallest absolute Gasteiger partial charge is 0.327 e. The van der Waals surface area contributed by atoms with E-state index in [0.29, 0.717) is 29.2 Å². The molecule has 4 aromatic rings. The fourth-order valence-electron chi connectivity index (χ4n) is 4.26. The van der Waals surface area contributed by atoms with Gasteiger partial charge in [0.2, 0.25) is 0 Å². The summed E-state index contributed by atoms with van der Waals surface area (Å²) in [7, 11) is 0. The van der Waals surface area contributed by atoms with Crippen LogP contribution >= 0.6 is 0 Å². The summed E-state index contributed by atoms with van der Waals surface area (Å²) >= 11 is 0. The van der Waals surface area contributed by atoms with Crippen LogP contribution in [0.15, 0.2) is 52.1 Å². The molecule has 6 nitrogen and oxygen atoms in total. The first-order valence-electron chi connectivity index (χ1n) is 10.8. The number of rotatable bonds is 6. The van der Waals surface area contributed by atoms with Crippen LogP contribution in [-0.2, 0) is 13.1 Å². The lowest BCUT2D eigenvalue weighted by Gasteiger charge is -2.17. The summed E-state index contributed by atoms with van der Waals surface area (Å²) in [6.45, 7) is 5.10. The molecule has 0 aliphatic heterocycles. The van der Waals surface area contributed by atoms with Crippen molar-refractivity contribution in [2.45, 2.75) is 52.2 Å². The molecule has 1 fully saturated rings. The first-order valence-corrected chi connectivity index (χ1v) is 10.8. The van der Waals surface area contributed by atoms with E-state index in [2.05, 4.69) is 18.8 Å². The minimum atomic E-state index is -0.391. The van der Waals surface area contributed by atoms with Crippen molar-refractivity contribution in [1.82, 2.24) is 18.7 Å². The van der Waals surface area contributed by atoms with Crippen molar-refractivity contribution in [3.8, 4) is 0 Å². The Morgan fingerprint density at radius 1 is 1.03 bits per heavy atom. The van der Waals surface area contributed by atoms with Crippen LogP contribution in [0.2, 0.25) is 0 Å². The van der Waals surface area contributed by atoms with E-state index in [-0.39, 0.29) is 23.8 Å². The predicted octanol–water partition coefficient (Wildman–Crippen LogP) is 4.08. The van der Waals surface area contributed by atoms with E-state index in [1.165, 1.54) is 12.1 Å². The average Bonchev–Trinajstić information content (AvgIpc) is 3.54. The zero-order chi connectivity index (χ0) is 21.7. The van der Waals surface area contributed by atoms with Gasteiger partial charge < -0.3 is 4.57 Å². The van der Waals surface area contributed by atoms with Gasteiger partial charge in [0.1, 0.15) is 11.6 Å². The highest BCUT2D eigenvalue weighted by Crippen LogP contribution is 2.36. The van der Waals surface area contributed by atoms with Gasteiger partial charge in [0.15, 0.2) is 0 Å². The van der Waals surface area contributed by atoms with Crippen LogP contribution in [0.4, 0.5) is 4.39 Å². The van der Waals surface area contributed by atoms with Gasteiger partial charge in [-0.3, -0.25) is 13.9 Å². The highest BCUT2D eigenvalue weighted by Gasteiger charge is 2.29. The van der Waals surface area contributed by atoms with Crippen molar-refractivity contribution in [1.29, 1.82) is 0 Å². The van der Waals surface area contributed by atoms with E-state index in [1.54, 1.807) is 21.3 Å². The summed E-state index contributed by atoms with van der Waals surface area (Å²) in [6.07, 6.45) is 2.81. The number of benzene rings is 2. The van der Waals surface area contributed by atoms with Crippen LogP contribution in [0.5, 0.6) is 0 Å². The van der Waals surface area contributed by atoms with Crippen LogP contribution in [-0.4, -0.2) is 18.7 Å². The van der Waals surface area contributed by atoms with Crippen LogP contribution < -0.4 is 11.2 Å². The van der Waals surface area contributed by atoms with Gasteiger partial charge in [-0.2, -0.15) is 4.98 Å². The summed E-state index contributed by atoms with van der Waals surface area (Å²) in [5.74, 6) is 0.600. The number of hydrogen-bond donors (Lipinski definition) is 0. The Hall–Kier alpha value is -3.22. The molecular formula is C24H25FN4O2. The second-order valence-electron chi connectivity index (χ2n) is 8.79. The molecule has 1 aliphatic carbocycles. The Kier molecular flexibility index (Phi) is 4.76. The number of aromatic nitrogens is 4. The molecule has 0 N–H and O–H groups in total. The highest BCUT2D eigenvalue weighted by atomic mass is 19.1. The van der Waals surface area contributed by atoms with E-state index in [0.717, 1.165) is 30.3 Å². The highest BCUT2D eigenvalue weighted by molar-refractivity contribution is 5.78. The number of hydrogen-bond acceptors (Lipinski definition) is 3. The fourth-order valence-corrected chi connectivity index (χ4v) is 4.26. The summed E-state index contributed by atoms with van der Waals surface area (Å²) in [5, 5.41) is 0.564. The fraction of sp³-hybridized carbons (Fsp3) is 0.375. The van der Waals surface area contributed by atoms with Crippen LogP contribution in [0.1, 0.15) is 45.0 Å². The molecule has 2 aromatic heterocycles.